The van der Waals surface area contributed by atoms with Crippen LogP contribution in [-0.2, 0) is 4.79 Å². The van der Waals surface area contributed by atoms with E-state index in [0.717, 1.165) is 43.8 Å². The van der Waals surface area contributed by atoms with E-state index in [9.17, 15) is 9.18 Å². The lowest BCUT2D eigenvalue weighted by Gasteiger charge is -2.35. The minimum Gasteiger partial charge on any atom is -0.486 e. The molecule has 1 saturated heterocycles. The quantitative estimate of drug-likeness (QED) is 0.593. The Hall–Kier alpha value is -4.08. The summed E-state index contributed by atoms with van der Waals surface area (Å²) in [4.78, 5) is 23.9. The molecule has 3 heterocycles. The summed E-state index contributed by atoms with van der Waals surface area (Å²) in [7, 11) is 0. The Bertz CT molecular complexity index is 1180. The summed E-state index contributed by atoms with van der Waals surface area (Å²) in [5.74, 6) is 1.12. The number of fused-ring (bicyclic) bond motifs is 1. The number of nitrogens with zero attached hydrogens (tertiary/aromatic N) is 4. The highest BCUT2D eigenvalue weighted by atomic mass is 19.1. The smallest absolute Gasteiger partial charge is 0.229 e. The topological polar surface area (TPSA) is 91.9 Å². The van der Waals surface area contributed by atoms with Crippen molar-refractivity contribution in [3.8, 4) is 11.5 Å². The molecule has 2 N–H and O–H groups in total. The normalized spacial score (nSPS) is 15.1. The minimum absolute atomic E-state index is 0.0501. The van der Waals surface area contributed by atoms with E-state index in [-0.39, 0.29) is 17.7 Å². The van der Waals surface area contributed by atoms with E-state index in [0.29, 0.717) is 30.4 Å². The maximum absolute atomic E-state index is 14.4. The molecule has 10 heteroatoms. The first-order valence-electron chi connectivity index (χ1n) is 11.1. The number of nitrogens with one attached hydrogen (secondary N) is 2. The molecule has 2 aromatic carbocycles. The van der Waals surface area contributed by atoms with Gasteiger partial charge in [-0.15, -0.1) is 0 Å². The molecule has 1 amide bonds. The molecule has 0 aliphatic carbocycles. The van der Waals surface area contributed by atoms with Crippen molar-refractivity contribution in [1.82, 2.24) is 14.9 Å². The summed E-state index contributed by atoms with van der Waals surface area (Å²) in [6.07, 6.45) is 1.12. The second-order valence-electron chi connectivity index (χ2n) is 8.04. The lowest BCUT2D eigenvalue weighted by molar-refractivity contribution is -0.129. The lowest BCUT2D eigenvalue weighted by Crippen LogP contribution is -2.48. The van der Waals surface area contributed by atoms with Gasteiger partial charge in [-0.1, -0.05) is 0 Å². The number of carbonyl (C=O) groups is 1. The van der Waals surface area contributed by atoms with Gasteiger partial charge in [-0.05, 0) is 36.4 Å². The summed E-state index contributed by atoms with van der Waals surface area (Å²) in [6.45, 7) is 5.61. The molecule has 3 aromatic rings. The fourth-order valence-electron chi connectivity index (χ4n) is 3.94. The van der Waals surface area contributed by atoms with Crippen molar-refractivity contribution in [3.05, 3.63) is 54.5 Å². The Morgan fingerprint density at radius 3 is 2.38 bits per heavy atom. The Balaban J connectivity index is 1.25. The van der Waals surface area contributed by atoms with Gasteiger partial charge in [0.1, 0.15) is 13.2 Å². The van der Waals surface area contributed by atoms with Crippen LogP contribution in [0.4, 0.5) is 33.2 Å². The van der Waals surface area contributed by atoms with Gasteiger partial charge < -0.3 is 29.9 Å². The van der Waals surface area contributed by atoms with Crippen molar-refractivity contribution in [2.75, 3.05) is 54.9 Å². The minimum atomic E-state index is -0.569. The second kappa shape index (κ2) is 9.42. The van der Waals surface area contributed by atoms with E-state index in [1.165, 1.54) is 0 Å². The van der Waals surface area contributed by atoms with Crippen molar-refractivity contribution in [2.24, 2.45) is 0 Å². The van der Waals surface area contributed by atoms with Gasteiger partial charge in [-0.25, -0.2) is 9.37 Å². The summed E-state index contributed by atoms with van der Waals surface area (Å²) in [5.41, 5.74) is 2.49. The zero-order chi connectivity index (χ0) is 23.5. The first-order chi connectivity index (χ1) is 16.5. The fraction of sp³-hybridized carbons (Fsp3) is 0.292. The van der Waals surface area contributed by atoms with Gasteiger partial charge >= 0.3 is 0 Å². The molecule has 0 spiro atoms. The van der Waals surface area contributed by atoms with Crippen LogP contribution in [0.15, 0.2) is 48.7 Å². The van der Waals surface area contributed by atoms with Crippen molar-refractivity contribution >= 4 is 34.7 Å². The number of aromatic nitrogens is 2. The third-order valence-corrected chi connectivity index (χ3v) is 5.76. The van der Waals surface area contributed by atoms with E-state index in [1.54, 1.807) is 25.1 Å². The van der Waals surface area contributed by atoms with E-state index in [4.69, 9.17) is 9.47 Å². The maximum atomic E-state index is 14.4. The summed E-state index contributed by atoms with van der Waals surface area (Å²) >= 11 is 0. The van der Waals surface area contributed by atoms with Gasteiger partial charge in [0.2, 0.25) is 11.9 Å². The number of anilines is 5. The number of piperazine rings is 1. The average molecular weight is 465 g/mol. The lowest BCUT2D eigenvalue weighted by atomic mass is 10.2. The molecule has 0 atom stereocenters. The Kier molecular flexibility index (Phi) is 6.03. The first-order valence-corrected chi connectivity index (χ1v) is 11.1. The predicted molar refractivity (Wildman–Crippen MR) is 127 cm³/mol. The molecule has 0 unspecified atom stereocenters. The SMILES string of the molecule is CC(=O)N1CCN(c2ccc(Nc3ncc(F)c(Nc4ccc5c(c4)OCCO5)n3)cc2)CC1. The largest absolute Gasteiger partial charge is 0.486 e. The molecule has 0 saturated carbocycles. The third kappa shape index (κ3) is 4.80. The molecule has 9 nitrogen and oxygen atoms in total. The van der Waals surface area contributed by atoms with Crippen LogP contribution >= 0.6 is 0 Å². The number of hydrogen-bond donors (Lipinski definition) is 2. The van der Waals surface area contributed by atoms with Crippen LogP contribution in [0.3, 0.4) is 0 Å². The van der Waals surface area contributed by atoms with Gasteiger partial charge in [0.25, 0.3) is 0 Å². The van der Waals surface area contributed by atoms with Gasteiger partial charge in [0, 0.05) is 56.2 Å². The maximum Gasteiger partial charge on any atom is 0.229 e. The number of benzene rings is 2. The molecule has 5 rings (SSSR count). The van der Waals surface area contributed by atoms with Crippen LogP contribution in [0.2, 0.25) is 0 Å². The number of halogens is 1. The Labute approximate surface area is 196 Å². The van der Waals surface area contributed by atoms with Gasteiger partial charge in [0.05, 0.1) is 6.20 Å². The highest BCUT2D eigenvalue weighted by Gasteiger charge is 2.19. The molecule has 2 aliphatic heterocycles. The van der Waals surface area contributed by atoms with Crippen LogP contribution in [0.1, 0.15) is 6.92 Å². The van der Waals surface area contributed by atoms with Gasteiger partial charge in [0.15, 0.2) is 23.1 Å². The predicted octanol–water partition coefficient (Wildman–Crippen LogP) is 3.54. The van der Waals surface area contributed by atoms with Crippen LogP contribution in [-0.4, -0.2) is 60.2 Å². The second-order valence-corrected chi connectivity index (χ2v) is 8.04. The van der Waals surface area contributed by atoms with Gasteiger partial charge in [-0.2, -0.15) is 4.98 Å². The number of rotatable bonds is 5. The standard InChI is InChI=1S/C24H25FN6O3/c1-16(32)30-8-10-31(11-9-30)19-5-2-17(3-6-19)28-24-26-15-20(25)23(29-24)27-18-4-7-21-22(14-18)34-13-12-33-21/h2-7,14-15H,8-13H2,1H3,(H2,26,27,28,29). The van der Waals surface area contributed by atoms with E-state index in [1.807, 2.05) is 29.2 Å². The highest BCUT2D eigenvalue weighted by Crippen LogP contribution is 2.34. The Morgan fingerprint density at radius 2 is 1.65 bits per heavy atom. The molecule has 0 bridgehead atoms. The van der Waals surface area contributed by atoms with Crippen LogP contribution in [0.25, 0.3) is 0 Å². The van der Waals surface area contributed by atoms with Crippen LogP contribution in [0, 0.1) is 5.82 Å². The van der Waals surface area contributed by atoms with Crippen molar-refractivity contribution in [3.63, 3.8) is 0 Å². The number of hydrogen-bond acceptors (Lipinski definition) is 8. The highest BCUT2D eigenvalue weighted by molar-refractivity contribution is 5.73. The summed E-state index contributed by atoms with van der Waals surface area (Å²) in [6, 6.07) is 13.2. The molecule has 1 fully saturated rings. The fourth-order valence-corrected chi connectivity index (χ4v) is 3.94. The molecule has 34 heavy (non-hydrogen) atoms. The zero-order valence-corrected chi connectivity index (χ0v) is 18.8. The molecular formula is C24H25FN6O3. The third-order valence-electron chi connectivity index (χ3n) is 5.76. The molecular weight excluding hydrogens is 439 g/mol. The van der Waals surface area contributed by atoms with Crippen molar-refractivity contribution in [2.45, 2.75) is 6.92 Å². The van der Waals surface area contributed by atoms with Crippen molar-refractivity contribution in [1.29, 1.82) is 0 Å². The number of ether oxygens (including phenoxy) is 2. The molecule has 1 aromatic heterocycles. The zero-order valence-electron chi connectivity index (χ0n) is 18.8. The van der Waals surface area contributed by atoms with E-state index < -0.39 is 5.82 Å². The first kappa shape index (κ1) is 21.7. The molecule has 2 aliphatic rings. The monoisotopic (exact) mass is 464 g/mol. The number of amides is 1. The average Bonchev–Trinajstić information content (AvgIpc) is 2.86. The van der Waals surface area contributed by atoms with E-state index in [2.05, 4.69) is 25.5 Å². The summed E-state index contributed by atoms with van der Waals surface area (Å²) in [5, 5.41) is 6.09. The van der Waals surface area contributed by atoms with Crippen LogP contribution < -0.4 is 25.0 Å². The summed E-state index contributed by atoms with van der Waals surface area (Å²) < 4.78 is 25.5. The number of carbonyl (C=O) groups excluding carboxylic acids is 1. The van der Waals surface area contributed by atoms with E-state index >= 15 is 0 Å². The molecule has 176 valence electrons. The molecule has 0 radical (unpaired) electrons. The Morgan fingerprint density at radius 1 is 0.941 bits per heavy atom. The van der Waals surface area contributed by atoms with Crippen LogP contribution in [0.5, 0.6) is 11.5 Å². The van der Waals surface area contributed by atoms with Crippen molar-refractivity contribution < 1.29 is 18.7 Å². The van der Waals surface area contributed by atoms with Gasteiger partial charge in [-0.3, -0.25) is 4.79 Å².